The van der Waals surface area contributed by atoms with Crippen molar-refractivity contribution in [3.8, 4) is 0 Å². The molecule has 2 aromatic rings. The fourth-order valence-electron chi connectivity index (χ4n) is 1.79. The van der Waals surface area contributed by atoms with Gasteiger partial charge in [0.05, 0.1) is 17.1 Å². The van der Waals surface area contributed by atoms with Gasteiger partial charge in [-0.25, -0.2) is 13.1 Å². The van der Waals surface area contributed by atoms with E-state index in [9.17, 15) is 8.42 Å². The van der Waals surface area contributed by atoms with Crippen molar-refractivity contribution in [3.63, 3.8) is 0 Å². The minimum absolute atomic E-state index is 0.197. The van der Waals surface area contributed by atoms with Crippen LogP contribution in [0.2, 0.25) is 0 Å². The molecule has 2 aromatic heterocycles. The molecule has 0 radical (unpaired) electrons. The van der Waals surface area contributed by atoms with E-state index in [0.717, 1.165) is 17.8 Å². The van der Waals surface area contributed by atoms with Gasteiger partial charge < -0.3 is 5.32 Å². The number of aromatic nitrogens is 2. The molecule has 6 nitrogen and oxygen atoms in total. The van der Waals surface area contributed by atoms with Gasteiger partial charge in [-0.1, -0.05) is 6.92 Å². The molecule has 8 heteroatoms. The molecule has 0 spiro atoms. The Hall–Kier alpha value is -1.22. The van der Waals surface area contributed by atoms with Crippen molar-refractivity contribution in [1.82, 2.24) is 19.8 Å². The first-order valence-corrected chi connectivity index (χ1v) is 9.14. The van der Waals surface area contributed by atoms with Crippen LogP contribution in [0.5, 0.6) is 0 Å². The Kier molecular flexibility index (Phi) is 5.51. The van der Waals surface area contributed by atoms with Crippen LogP contribution in [0.15, 0.2) is 28.6 Å². The highest BCUT2D eigenvalue weighted by molar-refractivity contribution is 7.89. The molecular weight excluding hydrogens is 308 g/mol. The summed E-state index contributed by atoms with van der Waals surface area (Å²) in [4.78, 5) is 1.33. The Morgan fingerprint density at radius 2 is 2.19 bits per heavy atom. The highest BCUT2D eigenvalue weighted by Gasteiger charge is 2.16. The number of nitrogens with zero attached hydrogens (tertiary/aromatic N) is 2. The van der Waals surface area contributed by atoms with Crippen molar-refractivity contribution in [2.24, 2.45) is 7.05 Å². The summed E-state index contributed by atoms with van der Waals surface area (Å²) in [6, 6.07) is 3.50. The van der Waals surface area contributed by atoms with Crippen molar-refractivity contribution in [2.45, 2.75) is 31.3 Å². The predicted molar refractivity (Wildman–Crippen MR) is 83.6 cm³/mol. The maximum absolute atomic E-state index is 12.2. The first kappa shape index (κ1) is 16.2. The monoisotopic (exact) mass is 328 g/mol. The largest absolute Gasteiger partial charge is 0.312 e. The van der Waals surface area contributed by atoms with Crippen LogP contribution in [0.1, 0.15) is 23.9 Å². The van der Waals surface area contributed by atoms with Gasteiger partial charge in [0.2, 0.25) is 10.0 Å². The Balaban J connectivity index is 1.95. The number of aryl methyl sites for hydroxylation is 1. The molecule has 21 heavy (non-hydrogen) atoms. The Morgan fingerprint density at radius 1 is 1.38 bits per heavy atom. The molecule has 0 aromatic carbocycles. The topological polar surface area (TPSA) is 76.0 Å². The zero-order valence-electron chi connectivity index (χ0n) is 12.2. The molecule has 0 saturated carbocycles. The van der Waals surface area contributed by atoms with Crippen LogP contribution in [-0.2, 0) is 30.2 Å². The molecule has 116 valence electrons. The van der Waals surface area contributed by atoms with E-state index < -0.39 is 10.0 Å². The van der Waals surface area contributed by atoms with E-state index in [4.69, 9.17) is 0 Å². The second kappa shape index (κ2) is 7.17. The maximum Gasteiger partial charge on any atom is 0.241 e. The van der Waals surface area contributed by atoms with Gasteiger partial charge in [-0.2, -0.15) is 5.10 Å². The molecule has 2 rings (SSSR count). The van der Waals surface area contributed by atoms with Gasteiger partial charge in [0.1, 0.15) is 0 Å². The lowest BCUT2D eigenvalue weighted by molar-refractivity contribution is 0.579. The molecule has 0 saturated heterocycles. The highest BCUT2D eigenvalue weighted by atomic mass is 32.2. The zero-order chi connectivity index (χ0) is 15.3. The fourth-order valence-corrected chi connectivity index (χ4v) is 4.04. The van der Waals surface area contributed by atoms with Crippen LogP contribution >= 0.6 is 11.3 Å². The summed E-state index contributed by atoms with van der Waals surface area (Å²) < 4.78 is 28.6. The quantitative estimate of drug-likeness (QED) is 0.719. The number of hydrogen-bond donors (Lipinski definition) is 2. The van der Waals surface area contributed by atoms with Crippen molar-refractivity contribution in [2.75, 3.05) is 6.54 Å². The third kappa shape index (κ3) is 4.63. The van der Waals surface area contributed by atoms with Crippen LogP contribution in [0, 0.1) is 0 Å². The Labute approximate surface area is 129 Å². The lowest BCUT2D eigenvalue weighted by atomic mass is 10.4. The average Bonchev–Trinajstić information content (AvgIpc) is 3.06. The summed E-state index contributed by atoms with van der Waals surface area (Å²) in [5, 5.41) is 9.07. The molecule has 0 aliphatic carbocycles. The fraction of sp³-hybridized carbons (Fsp3) is 0.462. The van der Waals surface area contributed by atoms with Gasteiger partial charge in [-0.3, -0.25) is 4.68 Å². The predicted octanol–water partition coefficient (Wildman–Crippen LogP) is 1.46. The normalized spacial score (nSPS) is 11.9. The Bertz CT molecular complexity index is 676. The van der Waals surface area contributed by atoms with Crippen molar-refractivity contribution >= 4 is 21.4 Å². The SMILES string of the molecule is CCCNCc1cc(S(=O)(=O)NCc2ccn(C)n2)cs1. The zero-order valence-corrected chi connectivity index (χ0v) is 13.8. The van der Waals surface area contributed by atoms with Gasteiger partial charge in [-0.05, 0) is 25.1 Å². The molecule has 0 amide bonds. The summed E-state index contributed by atoms with van der Waals surface area (Å²) in [7, 11) is -1.68. The average molecular weight is 328 g/mol. The van der Waals surface area contributed by atoms with Gasteiger partial charge in [0, 0.05) is 30.0 Å². The van der Waals surface area contributed by atoms with Crippen LogP contribution in [-0.4, -0.2) is 24.7 Å². The maximum atomic E-state index is 12.2. The summed E-state index contributed by atoms with van der Waals surface area (Å²) in [5.41, 5.74) is 0.696. The third-order valence-corrected chi connectivity index (χ3v) is 5.34. The van der Waals surface area contributed by atoms with E-state index in [1.807, 2.05) is 0 Å². The first-order chi connectivity index (χ1) is 10.0. The minimum atomic E-state index is -3.48. The summed E-state index contributed by atoms with van der Waals surface area (Å²) in [6.45, 7) is 3.92. The molecule has 0 fully saturated rings. The molecule has 2 N–H and O–H groups in total. The number of sulfonamides is 1. The Morgan fingerprint density at radius 3 is 2.86 bits per heavy atom. The van der Waals surface area contributed by atoms with Gasteiger partial charge in [0.15, 0.2) is 0 Å². The minimum Gasteiger partial charge on any atom is -0.312 e. The van der Waals surface area contributed by atoms with Crippen molar-refractivity contribution in [3.05, 3.63) is 34.3 Å². The molecular formula is C13H20N4O2S2. The smallest absolute Gasteiger partial charge is 0.241 e. The molecule has 0 unspecified atom stereocenters. The van der Waals surface area contributed by atoms with Crippen LogP contribution in [0.3, 0.4) is 0 Å². The van der Waals surface area contributed by atoms with Crippen molar-refractivity contribution in [1.29, 1.82) is 0 Å². The second-order valence-corrected chi connectivity index (χ2v) is 7.49. The van der Waals surface area contributed by atoms with Crippen LogP contribution in [0.4, 0.5) is 0 Å². The second-order valence-electron chi connectivity index (χ2n) is 4.73. The molecule has 0 bridgehead atoms. The van der Waals surface area contributed by atoms with Crippen molar-refractivity contribution < 1.29 is 8.42 Å². The van der Waals surface area contributed by atoms with Gasteiger partial charge in [0.25, 0.3) is 0 Å². The molecule has 0 aliphatic rings. The van der Waals surface area contributed by atoms with E-state index in [1.54, 1.807) is 35.4 Å². The third-order valence-electron chi connectivity index (χ3n) is 2.88. The summed E-state index contributed by atoms with van der Waals surface area (Å²) in [5.74, 6) is 0. The van der Waals surface area contributed by atoms with Crippen LogP contribution in [0.25, 0.3) is 0 Å². The van der Waals surface area contributed by atoms with Gasteiger partial charge in [-0.15, -0.1) is 11.3 Å². The van der Waals surface area contributed by atoms with E-state index in [0.29, 0.717) is 17.1 Å². The van der Waals surface area contributed by atoms with E-state index >= 15 is 0 Å². The number of thiophene rings is 1. The van der Waals surface area contributed by atoms with Crippen LogP contribution < -0.4 is 10.0 Å². The lowest BCUT2D eigenvalue weighted by Gasteiger charge is -2.03. The molecule has 2 heterocycles. The number of rotatable bonds is 8. The summed E-state index contributed by atoms with van der Waals surface area (Å²) in [6.07, 6.45) is 2.84. The van der Waals surface area contributed by atoms with E-state index in [-0.39, 0.29) is 6.54 Å². The van der Waals surface area contributed by atoms with E-state index in [2.05, 4.69) is 22.1 Å². The molecule has 0 aliphatic heterocycles. The first-order valence-electron chi connectivity index (χ1n) is 6.77. The highest BCUT2D eigenvalue weighted by Crippen LogP contribution is 2.19. The van der Waals surface area contributed by atoms with Gasteiger partial charge >= 0.3 is 0 Å². The molecule has 0 atom stereocenters. The van der Waals surface area contributed by atoms with E-state index in [1.165, 1.54) is 11.3 Å². The number of hydrogen-bond acceptors (Lipinski definition) is 5. The number of nitrogens with one attached hydrogen (secondary N) is 2. The lowest BCUT2D eigenvalue weighted by Crippen LogP contribution is -2.23. The summed E-state index contributed by atoms with van der Waals surface area (Å²) >= 11 is 1.45. The standard InChI is InChI=1S/C13H20N4O2S2/c1-3-5-14-9-12-7-13(10-20-12)21(18,19)15-8-11-4-6-17(2)16-11/h4,6-7,10,14-15H,3,5,8-9H2,1-2H3.